The minimum atomic E-state index is -0.185. The first kappa shape index (κ1) is 11.9. The fraction of sp³-hybridized carbons (Fsp3) is 0.538. The molecule has 17 heavy (non-hydrogen) atoms. The Balaban J connectivity index is 2.01. The van der Waals surface area contributed by atoms with Crippen molar-refractivity contribution < 1.29 is 9.53 Å². The summed E-state index contributed by atoms with van der Waals surface area (Å²) in [5.74, 6) is 0.720. The first-order valence-corrected chi connectivity index (χ1v) is 6.08. The van der Waals surface area contributed by atoms with Gasteiger partial charge >= 0.3 is 5.97 Å². The Morgan fingerprint density at radius 2 is 2.18 bits per heavy atom. The van der Waals surface area contributed by atoms with E-state index in [1.165, 1.54) is 12.8 Å². The molecule has 0 atom stereocenters. The Morgan fingerprint density at radius 3 is 2.94 bits per heavy atom. The van der Waals surface area contributed by atoms with Gasteiger partial charge < -0.3 is 9.72 Å². The van der Waals surface area contributed by atoms with E-state index in [4.69, 9.17) is 0 Å². The lowest BCUT2D eigenvalue weighted by molar-refractivity contribution is -0.140. The third-order valence-electron chi connectivity index (χ3n) is 2.98. The van der Waals surface area contributed by atoms with E-state index in [9.17, 15) is 4.79 Å². The van der Waals surface area contributed by atoms with Crippen LogP contribution in [0.15, 0.2) is 12.2 Å². The summed E-state index contributed by atoms with van der Waals surface area (Å²) in [5.41, 5.74) is 2.39. The van der Waals surface area contributed by atoms with Crippen LogP contribution in [0.1, 0.15) is 36.5 Å². The zero-order valence-corrected chi connectivity index (χ0v) is 10.2. The highest BCUT2D eigenvalue weighted by Gasteiger charge is 2.11. The fourth-order valence-corrected chi connectivity index (χ4v) is 2.04. The maximum absolute atomic E-state index is 11.1. The molecule has 1 aromatic heterocycles. The van der Waals surface area contributed by atoms with Gasteiger partial charge in [0, 0.05) is 12.1 Å². The number of carbonyl (C=O) groups is 1. The molecule has 2 rings (SSSR count). The molecule has 4 heteroatoms. The van der Waals surface area contributed by atoms with E-state index >= 15 is 0 Å². The van der Waals surface area contributed by atoms with Crippen molar-refractivity contribution in [1.29, 1.82) is 0 Å². The summed E-state index contributed by atoms with van der Waals surface area (Å²) in [5, 5.41) is 0. The van der Waals surface area contributed by atoms with Crippen LogP contribution in [0.3, 0.4) is 0 Å². The second kappa shape index (κ2) is 5.66. The summed E-state index contributed by atoms with van der Waals surface area (Å²) in [6.45, 7) is 0. The number of fused-ring (bicyclic) bond motifs is 1. The van der Waals surface area contributed by atoms with Gasteiger partial charge in [-0.2, -0.15) is 0 Å². The van der Waals surface area contributed by atoms with E-state index in [0.717, 1.165) is 37.2 Å². The number of H-pyrrole nitrogens is 1. The van der Waals surface area contributed by atoms with Gasteiger partial charge in [-0.1, -0.05) is 12.2 Å². The van der Waals surface area contributed by atoms with Crippen molar-refractivity contribution in [1.82, 2.24) is 9.97 Å². The van der Waals surface area contributed by atoms with Crippen molar-refractivity contribution in [2.24, 2.45) is 0 Å². The van der Waals surface area contributed by atoms with E-state index in [2.05, 4.69) is 26.9 Å². The van der Waals surface area contributed by atoms with Crippen molar-refractivity contribution in [2.75, 3.05) is 7.11 Å². The van der Waals surface area contributed by atoms with E-state index < -0.39 is 0 Å². The Bertz CT molecular complexity index is 394. The minimum absolute atomic E-state index is 0.185. The Labute approximate surface area is 101 Å². The molecule has 0 fully saturated rings. The van der Waals surface area contributed by atoms with Crippen LogP contribution in [-0.2, 0) is 28.8 Å². The zero-order valence-electron chi connectivity index (χ0n) is 10.2. The number of methoxy groups -OCH3 is 1. The van der Waals surface area contributed by atoms with Crippen LogP contribution in [0.5, 0.6) is 0 Å². The highest BCUT2D eigenvalue weighted by molar-refractivity contribution is 5.69. The summed E-state index contributed by atoms with van der Waals surface area (Å²) in [4.78, 5) is 19.0. The number of aromatic amines is 1. The molecule has 0 unspecified atom stereocenters. The number of aryl methyl sites for hydroxylation is 3. The number of nitrogens with one attached hydrogen (secondary N) is 1. The maximum atomic E-state index is 11.1. The van der Waals surface area contributed by atoms with E-state index in [1.54, 1.807) is 0 Å². The molecule has 92 valence electrons. The Morgan fingerprint density at radius 1 is 1.41 bits per heavy atom. The highest BCUT2D eigenvalue weighted by Crippen LogP contribution is 2.15. The molecular weight excluding hydrogens is 216 g/mol. The van der Waals surface area contributed by atoms with Crippen LogP contribution >= 0.6 is 0 Å². The largest absolute Gasteiger partial charge is 0.469 e. The van der Waals surface area contributed by atoms with Gasteiger partial charge in [-0.15, -0.1) is 0 Å². The van der Waals surface area contributed by atoms with Gasteiger partial charge in [-0.05, 0) is 25.7 Å². The average molecular weight is 234 g/mol. The quantitative estimate of drug-likeness (QED) is 0.642. The Kier molecular flexibility index (Phi) is 3.96. The molecular formula is C13H18N2O2. The molecule has 0 aliphatic heterocycles. The smallest absolute Gasteiger partial charge is 0.305 e. The second-order valence-corrected chi connectivity index (χ2v) is 4.23. The molecule has 1 heterocycles. The predicted molar refractivity (Wildman–Crippen MR) is 64.7 cm³/mol. The van der Waals surface area contributed by atoms with Crippen molar-refractivity contribution in [3.63, 3.8) is 0 Å². The van der Waals surface area contributed by atoms with Gasteiger partial charge in [-0.3, -0.25) is 4.79 Å². The van der Waals surface area contributed by atoms with Gasteiger partial charge in [0.1, 0.15) is 5.82 Å². The number of carbonyl (C=O) groups excluding carboxylic acids is 1. The highest BCUT2D eigenvalue weighted by atomic mass is 16.5. The first-order valence-electron chi connectivity index (χ1n) is 6.08. The molecule has 0 spiro atoms. The first-order chi connectivity index (χ1) is 8.29. The number of hydrogen-bond acceptors (Lipinski definition) is 3. The summed E-state index contributed by atoms with van der Waals surface area (Å²) < 4.78 is 4.62. The number of allylic oxidation sites excluding steroid dienone is 2. The minimum Gasteiger partial charge on any atom is -0.469 e. The summed E-state index contributed by atoms with van der Waals surface area (Å²) in [6, 6.07) is 0. The molecule has 0 aromatic carbocycles. The summed E-state index contributed by atoms with van der Waals surface area (Å²) >= 11 is 0. The molecule has 4 nitrogen and oxygen atoms in total. The van der Waals surface area contributed by atoms with E-state index in [1.807, 2.05) is 0 Å². The summed E-state index contributed by atoms with van der Waals surface area (Å²) in [6.07, 6.45) is 9.56. The maximum Gasteiger partial charge on any atom is 0.305 e. The predicted octanol–water partition coefficient (Wildman–Crippen LogP) is 1.95. The SMILES string of the molecule is COC(=O)CCc1nc2c([nH]1)CC/C=C\CC2. The lowest BCUT2D eigenvalue weighted by Gasteiger charge is -2.02. The molecule has 0 radical (unpaired) electrons. The van der Waals surface area contributed by atoms with Gasteiger partial charge in [0.05, 0.1) is 19.2 Å². The van der Waals surface area contributed by atoms with Crippen molar-refractivity contribution in [2.45, 2.75) is 38.5 Å². The number of aromatic nitrogens is 2. The van der Waals surface area contributed by atoms with Gasteiger partial charge in [0.2, 0.25) is 0 Å². The molecule has 0 saturated heterocycles. The normalized spacial score (nSPS) is 16.8. The second-order valence-electron chi connectivity index (χ2n) is 4.23. The number of imidazole rings is 1. The number of nitrogens with zero attached hydrogens (tertiary/aromatic N) is 1. The van der Waals surface area contributed by atoms with Crippen LogP contribution in [-0.4, -0.2) is 23.0 Å². The van der Waals surface area contributed by atoms with E-state index in [-0.39, 0.29) is 5.97 Å². The Hall–Kier alpha value is -1.58. The fourth-order valence-electron chi connectivity index (χ4n) is 2.04. The number of hydrogen-bond donors (Lipinski definition) is 1. The zero-order chi connectivity index (χ0) is 12.1. The van der Waals surface area contributed by atoms with Crippen molar-refractivity contribution >= 4 is 5.97 Å². The molecule has 1 N–H and O–H groups in total. The van der Waals surface area contributed by atoms with Crippen LogP contribution in [0.25, 0.3) is 0 Å². The van der Waals surface area contributed by atoms with Gasteiger partial charge in [0.15, 0.2) is 0 Å². The number of rotatable bonds is 3. The molecule has 0 amide bonds. The molecule has 1 aromatic rings. The van der Waals surface area contributed by atoms with Gasteiger partial charge in [-0.25, -0.2) is 4.98 Å². The lowest BCUT2D eigenvalue weighted by Crippen LogP contribution is -2.02. The topological polar surface area (TPSA) is 55.0 Å². The van der Waals surface area contributed by atoms with E-state index in [0.29, 0.717) is 12.8 Å². The van der Waals surface area contributed by atoms with Crippen molar-refractivity contribution in [3.8, 4) is 0 Å². The summed E-state index contributed by atoms with van der Waals surface area (Å²) in [7, 11) is 1.41. The third-order valence-corrected chi connectivity index (χ3v) is 2.98. The number of ether oxygens (including phenoxy) is 1. The standard InChI is InChI=1S/C13H18N2O2/c1-17-13(16)9-8-12-14-10-6-4-2-3-5-7-11(10)15-12/h2-3H,4-9H2,1H3,(H,14,15)/b3-2-. The molecule has 0 bridgehead atoms. The van der Waals surface area contributed by atoms with Crippen LogP contribution in [0.4, 0.5) is 0 Å². The molecule has 1 aliphatic rings. The molecule has 0 saturated carbocycles. The lowest BCUT2D eigenvalue weighted by atomic mass is 10.1. The number of esters is 1. The van der Waals surface area contributed by atoms with Gasteiger partial charge in [0.25, 0.3) is 0 Å². The average Bonchev–Trinajstić information content (AvgIpc) is 2.68. The van der Waals surface area contributed by atoms with Crippen molar-refractivity contribution in [3.05, 3.63) is 29.4 Å². The van der Waals surface area contributed by atoms with Crippen LogP contribution < -0.4 is 0 Å². The van der Waals surface area contributed by atoms with Crippen LogP contribution in [0, 0.1) is 0 Å². The monoisotopic (exact) mass is 234 g/mol. The van der Waals surface area contributed by atoms with Crippen LogP contribution in [0.2, 0.25) is 0 Å². The molecule has 1 aliphatic carbocycles. The third kappa shape index (κ3) is 3.19.